The molecular formula is C11H16F2N4O2. The Bertz CT molecular complexity index is 511. The first-order valence-electron chi connectivity index (χ1n) is 5.81. The zero-order valence-corrected chi connectivity index (χ0v) is 11.1. The van der Waals surface area contributed by atoms with Crippen molar-refractivity contribution in [1.29, 1.82) is 0 Å². The van der Waals surface area contributed by atoms with E-state index in [0.29, 0.717) is 0 Å². The molecular weight excluding hydrogens is 258 g/mol. The number of aromatic nitrogens is 2. The summed E-state index contributed by atoms with van der Waals surface area (Å²) in [5.74, 6) is -3.04. The van der Waals surface area contributed by atoms with Crippen LogP contribution in [0.2, 0.25) is 0 Å². The number of aliphatic hydroxyl groups is 1. The third-order valence-corrected chi connectivity index (χ3v) is 3.38. The molecule has 1 saturated heterocycles. The monoisotopic (exact) mass is 274 g/mol. The molecule has 1 N–H and O–H groups in total. The molecule has 1 aromatic rings. The van der Waals surface area contributed by atoms with E-state index in [-0.39, 0.29) is 11.5 Å². The average molecular weight is 274 g/mol. The number of aliphatic hydroxyl groups excluding tert-OH is 1. The number of amides is 2. The Morgan fingerprint density at radius 1 is 1.42 bits per heavy atom. The number of hydrogen-bond donors (Lipinski definition) is 1. The minimum absolute atomic E-state index is 0.0210. The number of carbonyl (C=O) groups excluding carboxylic acids is 1. The molecule has 2 amide bonds. The highest BCUT2D eigenvalue weighted by molar-refractivity contribution is 5.94. The standard InChI is InChI=1S/C11H16F2N4O2/c1-6-9(18)17(10(19)15(6)3)8-5-7(11(2,12)13)16(4)14-8/h5-6,9,18H,1-4H3. The molecule has 0 saturated carbocycles. The number of hydrogen-bond acceptors (Lipinski definition) is 3. The topological polar surface area (TPSA) is 61.6 Å². The molecule has 0 spiro atoms. The third kappa shape index (κ3) is 2.05. The fraction of sp³-hybridized carbons (Fsp3) is 0.636. The highest BCUT2D eigenvalue weighted by Crippen LogP contribution is 2.32. The maximum absolute atomic E-state index is 13.3. The zero-order valence-electron chi connectivity index (χ0n) is 11.1. The Morgan fingerprint density at radius 2 is 2.00 bits per heavy atom. The van der Waals surface area contributed by atoms with Crippen molar-refractivity contribution in [2.75, 3.05) is 11.9 Å². The van der Waals surface area contributed by atoms with Gasteiger partial charge in [-0.1, -0.05) is 0 Å². The van der Waals surface area contributed by atoms with Gasteiger partial charge in [-0.15, -0.1) is 0 Å². The molecule has 2 heterocycles. The number of halogens is 2. The van der Waals surface area contributed by atoms with Crippen molar-refractivity contribution in [1.82, 2.24) is 14.7 Å². The lowest BCUT2D eigenvalue weighted by atomic mass is 10.2. The molecule has 8 heteroatoms. The summed E-state index contributed by atoms with van der Waals surface area (Å²) in [4.78, 5) is 14.3. The summed E-state index contributed by atoms with van der Waals surface area (Å²) in [5.41, 5.74) is -0.315. The lowest BCUT2D eigenvalue weighted by Gasteiger charge is -2.16. The highest BCUT2D eigenvalue weighted by Gasteiger charge is 2.43. The number of nitrogens with zero attached hydrogens (tertiary/aromatic N) is 4. The van der Waals surface area contributed by atoms with Crippen LogP contribution in [0.4, 0.5) is 19.4 Å². The van der Waals surface area contributed by atoms with E-state index >= 15 is 0 Å². The normalized spacial score (nSPS) is 24.5. The van der Waals surface area contributed by atoms with Crippen molar-refractivity contribution in [2.24, 2.45) is 7.05 Å². The fourth-order valence-electron chi connectivity index (χ4n) is 2.09. The maximum atomic E-state index is 13.3. The number of likely N-dealkylation sites (N-methyl/N-ethyl adjacent to an activating group) is 1. The van der Waals surface area contributed by atoms with Crippen molar-refractivity contribution in [3.8, 4) is 0 Å². The van der Waals surface area contributed by atoms with Crippen LogP contribution < -0.4 is 4.90 Å². The number of alkyl halides is 2. The summed E-state index contributed by atoms with van der Waals surface area (Å²) in [7, 11) is 2.91. The summed E-state index contributed by atoms with van der Waals surface area (Å²) in [6.07, 6.45) is -1.11. The van der Waals surface area contributed by atoms with Crippen LogP contribution in [0.5, 0.6) is 0 Å². The Balaban J connectivity index is 2.41. The quantitative estimate of drug-likeness (QED) is 0.878. The molecule has 0 radical (unpaired) electrons. The Hall–Kier alpha value is -1.70. The van der Waals surface area contributed by atoms with Gasteiger partial charge in [0.25, 0.3) is 5.92 Å². The van der Waals surface area contributed by atoms with Crippen molar-refractivity contribution < 1.29 is 18.7 Å². The van der Waals surface area contributed by atoms with E-state index in [2.05, 4.69) is 5.10 Å². The zero-order chi connectivity index (χ0) is 14.5. The molecule has 2 rings (SSSR count). The Labute approximate surface area is 109 Å². The van der Waals surface area contributed by atoms with Gasteiger partial charge in [0.15, 0.2) is 12.0 Å². The van der Waals surface area contributed by atoms with E-state index in [4.69, 9.17) is 0 Å². The second-order valence-corrected chi connectivity index (χ2v) is 4.82. The molecule has 6 nitrogen and oxygen atoms in total. The molecule has 2 unspecified atom stereocenters. The van der Waals surface area contributed by atoms with E-state index in [1.807, 2.05) is 0 Å². The molecule has 1 aliphatic rings. The number of rotatable bonds is 2. The third-order valence-electron chi connectivity index (χ3n) is 3.38. The molecule has 0 bridgehead atoms. The van der Waals surface area contributed by atoms with Crippen molar-refractivity contribution in [2.45, 2.75) is 32.0 Å². The van der Waals surface area contributed by atoms with E-state index in [1.54, 1.807) is 6.92 Å². The van der Waals surface area contributed by atoms with Crippen LogP contribution in [-0.4, -0.2) is 45.1 Å². The number of urea groups is 1. The highest BCUT2D eigenvalue weighted by atomic mass is 19.3. The van der Waals surface area contributed by atoms with Gasteiger partial charge in [-0.2, -0.15) is 13.9 Å². The first-order valence-corrected chi connectivity index (χ1v) is 5.81. The van der Waals surface area contributed by atoms with Crippen LogP contribution in [0.1, 0.15) is 19.5 Å². The predicted molar refractivity (Wildman–Crippen MR) is 63.9 cm³/mol. The minimum Gasteiger partial charge on any atom is -0.371 e. The van der Waals surface area contributed by atoms with Crippen LogP contribution in [-0.2, 0) is 13.0 Å². The second kappa shape index (κ2) is 4.16. The van der Waals surface area contributed by atoms with E-state index in [1.165, 1.54) is 19.0 Å². The summed E-state index contributed by atoms with van der Waals surface area (Å²) < 4.78 is 27.7. The molecule has 1 fully saturated rings. The van der Waals surface area contributed by atoms with Crippen LogP contribution in [0.3, 0.4) is 0 Å². The Morgan fingerprint density at radius 3 is 2.37 bits per heavy atom. The van der Waals surface area contributed by atoms with E-state index in [0.717, 1.165) is 22.6 Å². The van der Waals surface area contributed by atoms with Gasteiger partial charge in [0.05, 0.1) is 6.04 Å². The molecule has 19 heavy (non-hydrogen) atoms. The van der Waals surface area contributed by atoms with Gasteiger partial charge in [0.2, 0.25) is 0 Å². The fourth-order valence-corrected chi connectivity index (χ4v) is 2.09. The summed E-state index contributed by atoms with van der Waals surface area (Å²) in [5, 5.41) is 13.9. The van der Waals surface area contributed by atoms with Crippen LogP contribution in [0, 0.1) is 0 Å². The van der Waals surface area contributed by atoms with Gasteiger partial charge < -0.3 is 10.0 Å². The Kier molecular flexibility index (Phi) is 3.00. The molecule has 1 aliphatic heterocycles. The molecule has 0 aromatic carbocycles. The largest absolute Gasteiger partial charge is 0.371 e. The maximum Gasteiger partial charge on any atom is 0.328 e. The van der Waals surface area contributed by atoms with Gasteiger partial charge in [-0.05, 0) is 6.92 Å². The average Bonchev–Trinajstić information content (AvgIpc) is 2.75. The van der Waals surface area contributed by atoms with Crippen LogP contribution in [0.25, 0.3) is 0 Å². The number of anilines is 1. The first kappa shape index (κ1) is 13.7. The van der Waals surface area contributed by atoms with E-state index < -0.39 is 24.2 Å². The first-order chi connectivity index (χ1) is 8.64. The summed E-state index contributed by atoms with van der Waals surface area (Å²) >= 11 is 0. The van der Waals surface area contributed by atoms with Crippen molar-refractivity contribution in [3.63, 3.8) is 0 Å². The molecule has 106 valence electrons. The predicted octanol–water partition coefficient (Wildman–Crippen LogP) is 1.11. The van der Waals surface area contributed by atoms with Gasteiger partial charge in [-0.25, -0.2) is 9.69 Å². The lowest BCUT2D eigenvalue weighted by molar-refractivity contribution is 0.00882. The number of aryl methyl sites for hydroxylation is 1. The van der Waals surface area contributed by atoms with Gasteiger partial charge >= 0.3 is 6.03 Å². The SMILES string of the molecule is CC1C(O)N(c2cc(C(C)(F)F)n(C)n2)C(=O)N1C. The molecule has 0 aliphatic carbocycles. The number of carbonyl (C=O) groups is 1. The van der Waals surface area contributed by atoms with Crippen LogP contribution in [0.15, 0.2) is 6.07 Å². The van der Waals surface area contributed by atoms with Gasteiger partial charge in [0.1, 0.15) is 5.69 Å². The summed E-state index contributed by atoms with van der Waals surface area (Å²) in [6, 6.07) is 0.219. The lowest BCUT2D eigenvalue weighted by Crippen LogP contribution is -2.35. The minimum atomic E-state index is -3.06. The van der Waals surface area contributed by atoms with Gasteiger partial charge in [-0.3, -0.25) is 4.68 Å². The molecule has 2 atom stereocenters. The molecule has 1 aromatic heterocycles. The smallest absolute Gasteiger partial charge is 0.328 e. The van der Waals surface area contributed by atoms with Crippen LogP contribution >= 0.6 is 0 Å². The van der Waals surface area contributed by atoms with Gasteiger partial charge in [0, 0.05) is 27.1 Å². The second-order valence-electron chi connectivity index (χ2n) is 4.82. The van der Waals surface area contributed by atoms with Crippen molar-refractivity contribution in [3.05, 3.63) is 11.8 Å². The van der Waals surface area contributed by atoms with E-state index in [9.17, 15) is 18.7 Å². The summed E-state index contributed by atoms with van der Waals surface area (Å²) in [6.45, 7) is 2.42. The van der Waals surface area contributed by atoms with Crippen molar-refractivity contribution >= 4 is 11.8 Å².